The highest BCUT2D eigenvalue weighted by molar-refractivity contribution is 5.95. The second kappa shape index (κ2) is 6.48. The van der Waals surface area contributed by atoms with Gasteiger partial charge >= 0.3 is 0 Å². The van der Waals surface area contributed by atoms with Crippen LogP contribution in [0.2, 0.25) is 0 Å². The van der Waals surface area contributed by atoms with Gasteiger partial charge < -0.3 is 15.4 Å². The lowest BCUT2D eigenvalue weighted by molar-refractivity contribution is -0.118. The SMILES string of the molecule is Nc1ccc2c(c1)CCCC(=O)N2CCCC1CCCO1. The minimum atomic E-state index is 0.242. The van der Waals surface area contributed by atoms with Crippen molar-refractivity contribution in [2.24, 2.45) is 0 Å². The van der Waals surface area contributed by atoms with Crippen LogP contribution < -0.4 is 10.6 Å². The van der Waals surface area contributed by atoms with E-state index in [1.54, 1.807) is 0 Å². The minimum Gasteiger partial charge on any atom is -0.399 e. The smallest absolute Gasteiger partial charge is 0.226 e. The van der Waals surface area contributed by atoms with Gasteiger partial charge in [0.15, 0.2) is 0 Å². The van der Waals surface area contributed by atoms with E-state index in [0.29, 0.717) is 12.5 Å². The van der Waals surface area contributed by atoms with Crippen molar-refractivity contribution in [3.05, 3.63) is 23.8 Å². The van der Waals surface area contributed by atoms with E-state index in [0.717, 1.165) is 50.2 Å². The molecule has 0 aliphatic carbocycles. The van der Waals surface area contributed by atoms with E-state index in [4.69, 9.17) is 10.5 Å². The summed E-state index contributed by atoms with van der Waals surface area (Å²) in [5.41, 5.74) is 8.92. The van der Waals surface area contributed by atoms with Crippen molar-refractivity contribution < 1.29 is 9.53 Å². The van der Waals surface area contributed by atoms with Crippen LogP contribution in [0.3, 0.4) is 0 Å². The lowest BCUT2D eigenvalue weighted by Crippen LogP contribution is -2.31. The first-order valence-electron chi connectivity index (χ1n) is 8.04. The van der Waals surface area contributed by atoms with Crippen molar-refractivity contribution in [1.82, 2.24) is 0 Å². The molecule has 1 atom stereocenters. The topological polar surface area (TPSA) is 55.6 Å². The third kappa shape index (κ3) is 3.38. The highest BCUT2D eigenvalue weighted by atomic mass is 16.5. The van der Waals surface area contributed by atoms with Crippen LogP contribution in [0, 0.1) is 0 Å². The van der Waals surface area contributed by atoms with Crippen LogP contribution in [0.1, 0.15) is 44.1 Å². The summed E-state index contributed by atoms with van der Waals surface area (Å²) in [6, 6.07) is 5.91. The second-order valence-electron chi connectivity index (χ2n) is 6.06. The zero-order valence-corrected chi connectivity index (χ0v) is 12.5. The number of benzene rings is 1. The third-order valence-electron chi connectivity index (χ3n) is 4.46. The number of nitrogen functional groups attached to an aromatic ring is 1. The van der Waals surface area contributed by atoms with E-state index < -0.39 is 0 Å². The molecule has 0 aromatic heterocycles. The number of rotatable bonds is 4. The number of fused-ring (bicyclic) bond motifs is 1. The van der Waals surface area contributed by atoms with Gasteiger partial charge in [-0.2, -0.15) is 0 Å². The van der Waals surface area contributed by atoms with E-state index >= 15 is 0 Å². The van der Waals surface area contributed by atoms with Gasteiger partial charge in [0.2, 0.25) is 5.91 Å². The summed E-state index contributed by atoms with van der Waals surface area (Å²) >= 11 is 0. The van der Waals surface area contributed by atoms with Crippen LogP contribution in [0.15, 0.2) is 18.2 Å². The highest BCUT2D eigenvalue weighted by Crippen LogP contribution is 2.29. The quantitative estimate of drug-likeness (QED) is 0.867. The van der Waals surface area contributed by atoms with Gasteiger partial charge in [0.25, 0.3) is 0 Å². The molecule has 1 aromatic rings. The fraction of sp³-hybridized carbons (Fsp3) is 0.588. The van der Waals surface area contributed by atoms with Gasteiger partial charge in [0.05, 0.1) is 6.10 Å². The molecule has 1 unspecified atom stereocenters. The second-order valence-corrected chi connectivity index (χ2v) is 6.06. The average molecular weight is 288 g/mol. The number of hydrogen-bond acceptors (Lipinski definition) is 3. The summed E-state index contributed by atoms with van der Waals surface area (Å²) in [5.74, 6) is 0.242. The van der Waals surface area contributed by atoms with Gasteiger partial charge in [-0.1, -0.05) is 0 Å². The zero-order valence-electron chi connectivity index (χ0n) is 12.5. The van der Waals surface area contributed by atoms with Crippen LogP contribution in [0.4, 0.5) is 11.4 Å². The maximum atomic E-state index is 12.4. The molecular weight excluding hydrogens is 264 g/mol. The molecule has 0 radical (unpaired) electrons. The molecule has 21 heavy (non-hydrogen) atoms. The monoisotopic (exact) mass is 288 g/mol. The number of carbonyl (C=O) groups is 1. The number of nitrogens with zero attached hydrogens (tertiary/aromatic N) is 1. The summed E-state index contributed by atoms with van der Waals surface area (Å²) in [5, 5.41) is 0. The molecule has 1 fully saturated rings. The Morgan fingerprint density at radius 2 is 2.19 bits per heavy atom. The molecule has 2 N–H and O–H groups in total. The van der Waals surface area contributed by atoms with Gasteiger partial charge in [-0.3, -0.25) is 4.79 Å². The molecular formula is C17H24N2O2. The van der Waals surface area contributed by atoms with Gasteiger partial charge in [0.1, 0.15) is 0 Å². The van der Waals surface area contributed by atoms with Gasteiger partial charge in [-0.25, -0.2) is 0 Å². The molecule has 0 bridgehead atoms. The summed E-state index contributed by atoms with van der Waals surface area (Å²) in [6.07, 6.45) is 7.28. The first-order chi connectivity index (χ1) is 10.2. The Hall–Kier alpha value is -1.55. The molecule has 3 rings (SSSR count). The maximum absolute atomic E-state index is 12.4. The standard InChI is InChI=1S/C17H24N2O2/c18-14-8-9-16-13(12-14)4-1-7-17(20)19(16)10-2-5-15-6-3-11-21-15/h8-9,12,15H,1-7,10-11,18H2. The van der Waals surface area contributed by atoms with Gasteiger partial charge in [-0.15, -0.1) is 0 Å². The van der Waals surface area contributed by atoms with Crippen molar-refractivity contribution in [3.63, 3.8) is 0 Å². The first-order valence-corrected chi connectivity index (χ1v) is 8.04. The van der Waals surface area contributed by atoms with Crippen molar-refractivity contribution in [1.29, 1.82) is 0 Å². The molecule has 0 saturated carbocycles. The molecule has 1 saturated heterocycles. The molecule has 1 amide bonds. The van der Waals surface area contributed by atoms with Crippen molar-refractivity contribution in [3.8, 4) is 0 Å². The number of nitrogens with two attached hydrogens (primary N) is 1. The summed E-state index contributed by atoms with van der Waals surface area (Å²) in [6.45, 7) is 1.69. The van der Waals surface area contributed by atoms with Gasteiger partial charge in [0, 0.05) is 30.9 Å². The van der Waals surface area contributed by atoms with E-state index in [2.05, 4.69) is 0 Å². The van der Waals surface area contributed by atoms with Crippen LogP contribution in [0.25, 0.3) is 0 Å². The molecule has 2 aliphatic heterocycles. The molecule has 1 aromatic carbocycles. The average Bonchev–Trinajstić information content (AvgIpc) is 2.92. The van der Waals surface area contributed by atoms with E-state index in [1.165, 1.54) is 18.4 Å². The Kier molecular flexibility index (Phi) is 4.44. The van der Waals surface area contributed by atoms with Gasteiger partial charge in [-0.05, 0) is 62.3 Å². The Bertz CT molecular complexity index is 510. The summed E-state index contributed by atoms with van der Waals surface area (Å²) < 4.78 is 5.66. The zero-order chi connectivity index (χ0) is 14.7. The summed E-state index contributed by atoms with van der Waals surface area (Å²) in [4.78, 5) is 14.3. The first kappa shape index (κ1) is 14.4. The molecule has 114 valence electrons. The minimum absolute atomic E-state index is 0.242. The van der Waals surface area contributed by atoms with Crippen LogP contribution >= 0.6 is 0 Å². The number of hydrogen-bond donors (Lipinski definition) is 1. The Morgan fingerprint density at radius 1 is 1.29 bits per heavy atom. The lowest BCUT2D eigenvalue weighted by Gasteiger charge is -2.24. The fourth-order valence-corrected chi connectivity index (χ4v) is 3.36. The maximum Gasteiger partial charge on any atom is 0.226 e. The van der Waals surface area contributed by atoms with Crippen LogP contribution in [0.5, 0.6) is 0 Å². The summed E-state index contributed by atoms with van der Waals surface area (Å²) in [7, 11) is 0. The normalized spacial score (nSPS) is 22.2. The number of anilines is 2. The fourth-order valence-electron chi connectivity index (χ4n) is 3.36. The van der Waals surface area contributed by atoms with Crippen molar-refractivity contribution in [2.45, 2.75) is 51.0 Å². The van der Waals surface area contributed by atoms with Crippen molar-refractivity contribution in [2.75, 3.05) is 23.8 Å². The Labute approximate surface area is 126 Å². The van der Waals surface area contributed by atoms with Crippen LogP contribution in [-0.4, -0.2) is 25.2 Å². The predicted molar refractivity (Wildman–Crippen MR) is 84.4 cm³/mol. The Morgan fingerprint density at radius 3 is 3.00 bits per heavy atom. The lowest BCUT2D eigenvalue weighted by atomic mass is 10.1. The van der Waals surface area contributed by atoms with Crippen LogP contribution in [-0.2, 0) is 16.0 Å². The predicted octanol–water partition coefficient (Wildman–Crippen LogP) is 2.90. The highest BCUT2D eigenvalue weighted by Gasteiger charge is 2.23. The molecule has 0 spiro atoms. The molecule has 2 aliphatic rings. The number of ether oxygens (including phenoxy) is 1. The number of aryl methyl sites for hydroxylation is 1. The molecule has 2 heterocycles. The van der Waals surface area contributed by atoms with E-state index in [1.807, 2.05) is 23.1 Å². The van der Waals surface area contributed by atoms with E-state index in [9.17, 15) is 4.79 Å². The largest absolute Gasteiger partial charge is 0.399 e. The van der Waals surface area contributed by atoms with E-state index in [-0.39, 0.29) is 5.91 Å². The Balaban J connectivity index is 1.68. The number of amides is 1. The molecule has 4 nitrogen and oxygen atoms in total. The number of carbonyl (C=O) groups excluding carboxylic acids is 1. The third-order valence-corrected chi connectivity index (χ3v) is 4.46. The molecule has 4 heteroatoms. The van der Waals surface area contributed by atoms with Crippen molar-refractivity contribution >= 4 is 17.3 Å².